The van der Waals surface area contributed by atoms with Gasteiger partial charge in [0, 0.05) is 37.6 Å². The number of hydrogen-bond acceptors (Lipinski definition) is 5. The van der Waals surface area contributed by atoms with Crippen molar-refractivity contribution in [3.05, 3.63) is 65.5 Å². The highest BCUT2D eigenvalue weighted by Crippen LogP contribution is 2.23. The molecule has 3 rings (SSSR count). The number of primary sulfonamides is 1. The first-order valence-corrected chi connectivity index (χ1v) is 9.66. The number of benzene rings is 1. The third-order valence-electron chi connectivity index (χ3n) is 4.14. The van der Waals surface area contributed by atoms with Crippen molar-refractivity contribution in [3.8, 4) is 0 Å². The number of amides is 1. The Bertz CT molecular complexity index is 844. The zero-order valence-corrected chi connectivity index (χ0v) is 15.7. The predicted octanol–water partition coefficient (Wildman–Crippen LogP) is 1.08. The number of aromatic nitrogens is 1. The van der Waals surface area contributed by atoms with Gasteiger partial charge in [0.15, 0.2) is 0 Å². The fourth-order valence-electron chi connectivity index (χ4n) is 2.96. The van der Waals surface area contributed by atoms with Gasteiger partial charge in [-0.3, -0.25) is 9.78 Å². The fourth-order valence-corrected chi connectivity index (χ4v) is 3.62. The number of sulfonamides is 1. The van der Waals surface area contributed by atoms with E-state index in [1.54, 1.807) is 36.7 Å². The quantitative estimate of drug-likeness (QED) is 0.804. The van der Waals surface area contributed by atoms with Crippen molar-refractivity contribution in [2.45, 2.75) is 11.8 Å². The number of hydrogen-bond donors (Lipinski definition) is 2. The highest BCUT2D eigenvalue weighted by atomic mass is 35.5. The Morgan fingerprint density at radius 3 is 2.62 bits per heavy atom. The van der Waals surface area contributed by atoms with Gasteiger partial charge in [0.05, 0.1) is 11.8 Å². The second-order valence-electron chi connectivity index (χ2n) is 6.01. The van der Waals surface area contributed by atoms with Crippen LogP contribution in [0, 0.1) is 0 Å². The van der Waals surface area contributed by atoms with Crippen LogP contribution in [0.15, 0.2) is 48.8 Å². The molecule has 1 atom stereocenters. The number of halogens is 1. The van der Waals surface area contributed by atoms with Gasteiger partial charge in [-0.15, -0.1) is 12.4 Å². The maximum Gasteiger partial charge on any atom is 0.254 e. The molecule has 1 saturated heterocycles. The SMILES string of the molecule is Cl.NS(=O)(=O)Cc1ccc(C(=O)N2CCNCC2c2cccnc2)cc1. The molecule has 1 aromatic heterocycles. The molecule has 9 heteroatoms. The summed E-state index contributed by atoms with van der Waals surface area (Å²) >= 11 is 0. The maximum absolute atomic E-state index is 12.9. The van der Waals surface area contributed by atoms with Gasteiger partial charge in [-0.1, -0.05) is 18.2 Å². The van der Waals surface area contributed by atoms with E-state index in [9.17, 15) is 13.2 Å². The Morgan fingerprint density at radius 2 is 2.00 bits per heavy atom. The number of carbonyl (C=O) groups excluding carboxylic acids is 1. The van der Waals surface area contributed by atoms with Gasteiger partial charge in [-0.2, -0.15) is 0 Å². The zero-order chi connectivity index (χ0) is 17.9. The Hall–Kier alpha value is -2.00. The van der Waals surface area contributed by atoms with Gasteiger partial charge in [0.25, 0.3) is 5.91 Å². The normalized spacial score (nSPS) is 17.4. The van der Waals surface area contributed by atoms with Gasteiger partial charge < -0.3 is 10.2 Å². The molecule has 3 N–H and O–H groups in total. The molecule has 7 nitrogen and oxygen atoms in total. The van der Waals surface area contributed by atoms with Crippen LogP contribution in [-0.4, -0.2) is 43.8 Å². The van der Waals surface area contributed by atoms with Crippen LogP contribution < -0.4 is 10.5 Å². The lowest BCUT2D eigenvalue weighted by molar-refractivity contribution is 0.0634. The van der Waals surface area contributed by atoms with Crippen LogP contribution >= 0.6 is 12.4 Å². The third-order valence-corrected chi connectivity index (χ3v) is 4.88. The molecule has 2 aromatic rings. The summed E-state index contributed by atoms with van der Waals surface area (Å²) in [5.74, 6) is -0.328. The summed E-state index contributed by atoms with van der Waals surface area (Å²) < 4.78 is 22.3. The van der Waals surface area contributed by atoms with E-state index in [0.29, 0.717) is 24.2 Å². The topological polar surface area (TPSA) is 105 Å². The standard InChI is InChI=1S/C17H20N4O3S.ClH/c18-25(23,24)12-13-3-5-14(6-4-13)17(22)21-9-8-20-11-16(21)15-2-1-7-19-10-15;/h1-7,10,16,20H,8-9,11-12H2,(H2,18,23,24);1H. The molecule has 1 aliphatic rings. The lowest BCUT2D eigenvalue weighted by atomic mass is 10.0. The van der Waals surface area contributed by atoms with Gasteiger partial charge in [-0.05, 0) is 29.3 Å². The molecular weight excluding hydrogens is 376 g/mol. The smallest absolute Gasteiger partial charge is 0.254 e. The molecule has 1 fully saturated rings. The number of nitrogens with two attached hydrogens (primary N) is 1. The third kappa shape index (κ3) is 5.01. The molecule has 26 heavy (non-hydrogen) atoms. The number of pyridine rings is 1. The van der Waals surface area contributed by atoms with E-state index in [1.165, 1.54) is 0 Å². The van der Waals surface area contributed by atoms with Crippen molar-refractivity contribution in [2.24, 2.45) is 5.14 Å². The minimum absolute atomic E-state index is 0. The lowest BCUT2D eigenvalue weighted by Gasteiger charge is -2.36. The van der Waals surface area contributed by atoms with Gasteiger partial charge >= 0.3 is 0 Å². The molecule has 0 bridgehead atoms. The van der Waals surface area contributed by atoms with Gasteiger partial charge in [0.1, 0.15) is 0 Å². The van der Waals surface area contributed by atoms with Gasteiger partial charge in [-0.25, -0.2) is 13.6 Å². The maximum atomic E-state index is 12.9. The highest BCUT2D eigenvalue weighted by Gasteiger charge is 2.28. The minimum Gasteiger partial charge on any atom is -0.329 e. The number of piperazine rings is 1. The highest BCUT2D eigenvalue weighted by molar-refractivity contribution is 7.88. The summed E-state index contributed by atoms with van der Waals surface area (Å²) in [5.41, 5.74) is 2.06. The van der Waals surface area contributed by atoms with E-state index in [-0.39, 0.29) is 30.1 Å². The molecule has 0 radical (unpaired) electrons. The second kappa shape index (κ2) is 8.59. The summed E-state index contributed by atoms with van der Waals surface area (Å²) in [6.07, 6.45) is 3.48. The predicted molar refractivity (Wildman–Crippen MR) is 101 cm³/mol. The molecule has 140 valence electrons. The van der Waals surface area contributed by atoms with Crippen LogP contribution in [0.5, 0.6) is 0 Å². The van der Waals surface area contributed by atoms with Crippen molar-refractivity contribution < 1.29 is 13.2 Å². The molecular formula is C17H21ClN4O3S. The van der Waals surface area contributed by atoms with Crippen LogP contribution in [-0.2, 0) is 15.8 Å². The molecule has 1 unspecified atom stereocenters. The van der Waals surface area contributed by atoms with Crippen molar-refractivity contribution in [3.63, 3.8) is 0 Å². The van der Waals surface area contributed by atoms with Crippen molar-refractivity contribution >= 4 is 28.3 Å². The lowest BCUT2D eigenvalue weighted by Crippen LogP contribution is -2.48. The Labute approximate surface area is 159 Å². The first-order valence-electron chi connectivity index (χ1n) is 7.95. The monoisotopic (exact) mass is 396 g/mol. The summed E-state index contributed by atoms with van der Waals surface area (Å²) in [7, 11) is -3.59. The molecule has 1 aliphatic heterocycles. The first-order chi connectivity index (χ1) is 11.9. The van der Waals surface area contributed by atoms with E-state index in [0.717, 1.165) is 12.1 Å². The number of nitrogens with zero attached hydrogens (tertiary/aromatic N) is 2. The van der Waals surface area contributed by atoms with Crippen LogP contribution in [0.1, 0.15) is 27.5 Å². The Kier molecular flexibility index (Phi) is 6.71. The average molecular weight is 397 g/mol. The zero-order valence-electron chi connectivity index (χ0n) is 14.0. The van der Waals surface area contributed by atoms with Crippen molar-refractivity contribution in [1.29, 1.82) is 0 Å². The van der Waals surface area contributed by atoms with E-state index < -0.39 is 10.0 Å². The summed E-state index contributed by atoms with van der Waals surface area (Å²) in [6, 6.07) is 10.3. The summed E-state index contributed by atoms with van der Waals surface area (Å²) in [4.78, 5) is 18.9. The first kappa shape index (κ1) is 20.3. The summed E-state index contributed by atoms with van der Waals surface area (Å²) in [5, 5.41) is 8.35. The number of nitrogens with one attached hydrogen (secondary N) is 1. The fraction of sp³-hybridized carbons (Fsp3) is 0.294. The molecule has 1 aromatic carbocycles. The van der Waals surface area contributed by atoms with Crippen LogP contribution in [0.3, 0.4) is 0 Å². The largest absolute Gasteiger partial charge is 0.329 e. The van der Waals surface area contributed by atoms with E-state index in [2.05, 4.69) is 10.3 Å². The second-order valence-corrected chi connectivity index (χ2v) is 7.62. The Morgan fingerprint density at radius 1 is 1.27 bits per heavy atom. The number of rotatable bonds is 4. The average Bonchev–Trinajstić information content (AvgIpc) is 2.61. The molecule has 0 aliphatic carbocycles. The van der Waals surface area contributed by atoms with Crippen LogP contribution in [0.25, 0.3) is 0 Å². The number of carbonyl (C=O) groups is 1. The van der Waals surface area contributed by atoms with Gasteiger partial charge in [0.2, 0.25) is 10.0 Å². The molecule has 0 saturated carbocycles. The van der Waals surface area contributed by atoms with E-state index in [1.807, 2.05) is 17.0 Å². The van der Waals surface area contributed by atoms with Crippen LogP contribution in [0.2, 0.25) is 0 Å². The Balaban J connectivity index is 0.00000243. The van der Waals surface area contributed by atoms with E-state index >= 15 is 0 Å². The molecule has 1 amide bonds. The van der Waals surface area contributed by atoms with Crippen molar-refractivity contribution in [1.82, 2.24) is 15.2 Å². The molecule has 2 heterocycles. The molecule has 0 spiro atoms. The van der Waals surface area contributed by atoms with E-state index in [4.69, 9.17) is 5.14 Å². The van der Waals surface area contributed by atoms with Crippen LogP contribution in [0.4, 0.5) is 0 Å². The minimum atomic E-state index is -3.59. The summed E-state index contributed by atoms with van der Waals surface area (Å²) in [6.45, 7) is 1.99. The van der Waals surface area contributed by atoms with Crippen molar-refractivity contribution in [2.75, 3.05) is 19.6 Å².